The predicted octanol–water partition coefficient (Wildman–Crippen LogP) is -0.648. The van der Waals surface area contributed by atoms with Crippen molar-refractivity contribution >= 4 is 5.95 Å². The van der Waals surface area contributed by atoms with Crippen molar-refractivity contribution < 1.29 is 5.11 Å². The van der Waals surface area contributed by atoms with Gasteiger partial charge in [-0.3, -0.25) is 14.3 Å². The average Bonchev–Trinajstić information content (AvgIpc) is 2.59. The predicted molar refractivity (Wildman–Crippen MR) is 86.2 cm³/mol. The number of aromatic nitrogens is 4. The Balaban J connectivity index is 1.88. The van der Waals surface area contributed by atoms with Crippen molar-refractivity contribution in [1.82, 2.24) is 24.4 Å². The lowest BCUT2D eigenvalue weighted by Gasteiger charge is -2.35. The second-order valence-electron chi connectivity index (χ2n) is 5.49. The van der Waals surface area contributed by atoms with Crippen molar-refractivity contribution in [3.63, 3.8) is 0 Å². The van der Waals surface area contributed by atoms with Crippen LogP contribution in [0.25, 0.3) is 11.4 Å². The number of hydrogen-bond acceptors (Lipinski definition) is 7. The van der Waals surface area contributed by atoms with Crippen LogP contribution in [0.3, 0.4) is 0 Å². The van der Waals surface area contributed by atoms with E-state index in [1.54, 1.807) is 23.9 Å². The number of rotatable bonds is 4. The van der Waals surface area contributed by atoms with E-state index >= 15 is 0 Å². The van der Waals surface area contributed by atoms with Gasteiger partial charge in [-0.1, -0.05) is 0 Å². The summed E-state index contributed by atoms with van der Waals surface area (Å²) in [6.07, 6.45) is 3.08. The van der Waals surface area contributed by atoms with E-state index in [0.29, 0.717) is 23.9 Å². The standard InChI is InChI=1S/C15H20N6O2/c1-19-14(23)10-13(12-2-3-16-11-17-12)18-15(19)21-6-4-20(5-7-21)8-9-22/h2-3,10-11,22H,4-9H2,1H3. The summed E-state index contributed by atoms with van der Waals surface area (Å²) in [7, 11) is 1.73. The molecule has 0 bridgehead atoms. The molecule has 0 atom stereocenters. The van der Waals surface area contributed by atoms with Crippen molar-refractivity contribution in [2.24, 2.45) is 7.05 Å². The Morgan fingerprint density at radius 3 is 2.65 bits per heavy atom. The fourth-order valence-electron chi connectivity index (χ4n) is 2.70. The first-order valence-electron chi connectivity index (χ1n) is 7.61. The lowest BCUT2D eigenvalue weighted by atomic mass is 10.3. The van der Waals surface area contributed by atoms with Crippen molar-refractivity contribution in [2.75, 3.05) is 44.2 Å². The minimum Gasteiger partial charge on any atom is -0.395 e. The van der Waals surface area contributed by atoms with E-state index in [2.05, 4.69) is 24.8 Å². The lowest BCUT2D eigenvalue weighted by molar-refractivity contribution is 0.188. The number of aliphatic hydroxyl groups excluding tert-OH is 1. The smallest absolute Gasteiger partial charge is 0.255 e. The van der Waals surface area contributed by atoms with E-state index in [4.69, 9.17) is 5.11 Å². The Morgan fingerprint density at radius 1 is 1.22 bits per heavy atom. The van der Waals surface area contributed by atoms with Gasteiger partial charge in [0.2, 0.25) is 5.95 Å². The third-order valence-electron chi connectivity index (χ3n) is 4.03. The van der Waals surface area contributed by atoms with Crippen LogP contribution < -0.4 is 10.5 Å². The van der Waals surface area contributed by atoms with Gasteiger partial charge in [0.15, 0.2) is 0 Å². The van der Waals surface area contributed by atoms with E-state index in [9.17, 15) is 4.79 Å². The molecule has 3 rings (SSSR count). The summed E-state index contributed by atoms with van der Waals surface area (Å²) in [4.78, 5) is 29.2. The highest BCUT2D eigenvalue weighted by Crippen LogP contribution is 2.17. The second-order valence-corrected chi connectivity index (χ2v) is 5.49. The van der Waals surface area contributed by atoms with Crippen LogP contribution in [-0.4, -0.2) is 68.9 Å². The average molecular weight is 316 g/mol. The first-order chi connectivity index (χ1) is 11.2. The molecule has 1 saturated heterocycles. The van der Waals surface area contributed by atoms with E-state index in [0.717, 1.165) is 26.2 Å². The molecule has 0 saturated carbocycles. The first-order valence-corrected chi connectivity index (χ1v) is 7.61. The summed E-state index contributed by atoms with van der Waals surface area (Å²) in [5.74, 6) is 0.648. The number of piperazine rings is 1. The second kappa shape index (κ2) is 6.84. The monoisotopic (exact) mass is 316 g/mol. The van der Waals surface area contributed by atoms with Crippen LogP contribution in [0.5, 0.6) is 0 Å². The van der Waals surface area contributed by atoms with E-state index in [-0.39, 0.29) is 12.2 Å². The summed E-state index contributed by atoms with van der Waals surface area (Å²) in [5.41, 5.74) is 1.09. The molecule has 2 aromatic heterocycles. The molecule has 122 valence electrons. The molecule has 1 fully saturated rings. The molecule has 1 N–H and O–H groups in total. The minimum absolute atomic E-state index is 0.110. The van der Waals surface area contributed by atoms with Crippen LogP contribution in [0.1, 0.15) is 0 Å². The molecule has 0 radical (unpaired) electrons. The zero-order valence-corrected chi connectivity index (χ0v) is 13.1. The van der Waals surface area contributed by atoms with Crippen molar-refractivity contribution in [2.45, 2.75) is 0 Å². The van der Waals surface area contributed by atoms with E-state index < -0.39 is 0 Å². The van der Waals surface area contributed by atoms with Crippen LogP contribution in [0.15, 0.2) is 29.5 Å². The number of nitrogens with zero attached hydrogens (tertiary/aromatic N) is 6. The van der Waals surface area contributed by atoms with Crippen LogP contribution in [0.2, 0.25) is 0 Å². The number of aliphatic hydroxyl groups is 1. The molecular formula is C15H20N6O2. The van der Waals surface area contributed by atoms with Crippen LogP contribution in [-0.2, 0) is 7.05 Å². The molecule has 8 heteroatoms. The molecule has 3 heterocycles. The lowest BCUT2D eigenvalue weighted by Crippen LogP contribution is -2.48. The molecule has 0 amide bonds. The first kappa shape index (κ1) is 15.6. The van der Waals surface area contributed by atoms with Crippen LogP contribution in [0, 0.1) is 0 Å². The highest BCUT2D eigenvalue weighted by molar-refractivity contribution is 5.55. The Hall–Kier alpha value is -2.32. The number of hydrogen-bond donors (Lipinski definition) is 1. The molecule has 1 aliphatic heterocycles. The zero-order valence-electron chi connectivity index (χ0n) is 13.1. The highest BCUT2D eigenvalue weighted by Gasteiger charge is 2.20. The normalized spacial score (nSPS) is 15.8. The van der Waals surface area contributed by atoms with Gasteiger partial charge in [-0.2, -0.15) is 0 Å². The maximum absolute atomic E-state index is 12.3. The number of anilines is 1. The van der Waals surface area contributed by atoms with Crippen molar-refractivity contribution in [3.05, 3.63) is 35.0 Å². The molecule has 0 aromatic carbocycles. The zero-order chi connectivity index (χ0) is 16.2. The fourth-order valence-corrected chi connectivity index (χ4v) is 2.70. The summed E-state index contributed by atoms with van der Waals surface area (Å²) in [6.45, 7) is 4.07. The summed E-state index contributed by atoms with van der Waals surface area (Å²) in [6, 6.07) is 3.23. The van der Waals surface area contributed by atoms with Crippen molar-refractivity contribution in [1.29, 1.82) is 0 Å². The van der Waals surface area contributed by atoms with Gasteiger partial charge in [-0.15, -0.1) is 0 Å². The molecule has 0 aliphatic carbocycles. The SMILES string of the molecule is Cn1c(N2CCN(CCO)CC2)nc(-c2ccncn2)cc1=O. The van der Waals surface area contributed by atoms with E-state index in [1.807, 2.05) is 0 Å². The van der Waals surface area contributed by atoms with Crippen LogP contribution in [0.4, 0.5) is 5.95 Å². The summed E-state index contributed by atoms with van der Waals surface area (Å²) < 4.78 is 1.56. The maximum atomic E-state index is 12.3. The third kappa shape index (κ3) is 3.38. The molecule has 0 unspecified atom stereocenters. The van der Waals surface area contributed by atoms with Gasteiger partial charge in [0.25, 0.3) is 5.56 Å². The molecule has 0 spiro atoms. The molecule has 2 aromatic rings. The van der Waals surface area contributed by atoms with Gasteiger partial charge in [0, 0.05) is 52.0 Å². The molecule has 1 aliphatic rings. The van der Waals surface area contributed by atoms with E-state index in [1.165, 1.54) is 12.4 Å². The number of β-amino-alcohol motifs (C(OH)–C–C–N with tert-alkyl or cyclic N) is 1. The minimum atomic E-state index is -0.110. The molecular weight excluding hydrogens is 296 g/mol. The fraction of sp³-hybridized carbons (Fsp3) is 0.467. The third-order valence-corrected chi connectivity index (χ3v) is 4.03. The quantitative estimate of drug-likeness (QED) is 0.802. The molecule has 23 heavy (non-hydrogen) atoms. The van der Waals surface area contributed by atoms with Gasteiger partial charge in [-0.25, -0.2) is 15.0 Å². The van der Waals surface area contributed by atoms with Gasteiger partial charge in [0.05, 0.1) is 18.0 Å². The van der Waals surface area contributed by atoms with Gasteiger partial charge in [-0.05, 0) is 6.07 Å². The maximum Gasteiger partial charge on any atom is 0.255 e. The Morgan fingerprint density at radius 2 is 2.00 bits per heavy atom. The van der Waals surface area contributed by atoms with Crippen LogP contribution >= 0.6 is 0 Å². The molecule has 8 nitrogen and oxygen atoms in total. The summed E-state index contributed by atoms with van der Waals surface area (Å²) >= 11 is 0. The Bertz CT molecular complexity index is 710. The topological polar surface area (TPSA) is 87.4 Å². The Kier molecular flexibility index (Phi) is 4.63. The van der Waals surface area contributed by atoms with Crippen molar-refractivity contribution in [3.8, 4) is 11.4 Å². The summed E-state index contributed by atoms with van der Waals surface area (Å²) in [5, 5.41) is 9.02. The Labute approximate surface area is 134 Å². The largest absolute Gasteiger partial charge is 0.395 e. The van der Waals surface area contributed by atoms with Gasteiger partial charge >= 0.3 is 0 Å². The highest BCUT2D eigenvalue weighted by atomic mass is 16.3. The van der Waals surface area contributed by atoms with Gasteiger partial charge in [0.1, 0.15) is 6.33 Å². The van der Waals surface area contributed by atoms with Gasteiger partial charge < -0.3 is 10.0 Å².